The van der Waals surface area contributed by atoms with E-state index >= 15 is 0 Å². The Kier molecular flexibility index (Phi) is 4.36. The summed E-state index contributed by atoms with van der Waals surface area (Å²) < 4.78 is 37.1. The summed E-state index contributed by atoms with van der Waals surface area (Å²) in [5.41, 5.74) is -0.0385. The number of thioether (sulfide) groups is 1. The van der Waals surface area contributed by atoms with E-state index < -0.39 is 11.7 Å². The molecule has 1 aliphatic heterocycles. The second-order valence-corrected chi connectivity index (χ2v) is 5.21. The van der Waals surface area contributed by atoms with Gasteiger partial charge in [-0.3, -0.25) is 10.1 Å². The van der Waals surface area contributed by atoms with Crippen molar-refractivity contribution in [2.75, 3.05) is 11.6 Å². The van der Waals surface area contributed by atoms with Crippen LogP contribution in [-0.2, 0) is 17.5 Å². The summed E-state index contributed by atoms with van der Waals surface area (Å²) in [4.78, 5) is 11.7. The summed E-state index contributed by atoms with van der Waals surface area (Å²) in [6.45, 7) is 0.236. The number of carbonyl (C=O) groups excluding carboxylic acids is 1. The molecule has 1 amide bonds. The smallest absolute Gasteiger partial charge is 0.351 e. The minimum atomic E-state index is -4.33. The lowest BCUT2D eigenvalue weighted by atomic mass is 10.1. The molecule has 1 aromatic carbocycles. The van der Waals surface area contributed by atoms with Gasteiger partial charge in [0.25, 0.3) is 0 Å². The normalized spacial score (nSPS) is 19.4. The number of alkyl halides is 3. The first-order chi connectivity index (χ1) is 8.97. The molecule has 1 aromatic rings. The Morgan fingerprint density at radius 3 is 2.58 bits per heavy atom. The molecule has 7 heteroatoms. The van der Waals surface area contributed by atoms with Crippen LogP contribution in [0.3, 0.4) is 0 Å². The van der Waals surface area contributed by atoms with E-state index in [-0.39, 0.29) is 18.5 Å². The van der Waals surface area contributed by atoms with Crippen LogP contribution < -0.4 is 10.6 Å². The van der Waals surface area contributed by atoms with Gasteiger partial charge < -0.3 is 5.32 Å². The molecule has 104 valence electrons. The summed E-state index contributed by atoms with van der Waals surface area (Å²) in [6.07, 6.45) is -4.33. The molecule has 0 saturated carbocycles. The molecule has 0 radical (unpaired) electrons. The van der Waals surface area contributed by atoms with Crippen molar-refractivity contribution in [3.05, 3.63) is 35.4 Å². The van der Waals surface area contributed by atoms with Gasteiger partial charge in [0.15, 0.2) is 0 Å². The number of hydrogen-bond donors (Lipinski definition) is 2. The van der Waals surface area contributed by atoms with Crippen molar-refractivity contribution in [2.24, 2.45) is 0 Å². The molecule has 0 bridgehead atoms. The van der Waals surface area contributed by atoms with Crippen LogP contribution in [0.25, 0.3) is 0 Å². The van der Waals surface area contributed by atoms with Gasteiger partial charge in [0.1, 0.15) is 0 Å². The predicted octanol–water partition coefficient (Wildman–Crippen LogP) is 1.98. The first-order valence-electron chi connectivity index (χ1n) is 5.72. The predicted molar refractivity (Wildman–Crippen MR) is 67.5 cm³/mol. The van der Waals surface area contributed by atoms with Crippen LogP contribution in [0.1, 0.15) is 11.1 Å². The van der Waals surface area contributed by atoms with Gasteiger partial charge in [-0.05, 0) is 17.7 Å². The average molecular weight is 290 g/mol. The number of nitrogens with one attached hydrogen (secondary N) is 2. The van der Waals surface area contributed by atoms with Crippen molar-refractivity contribution in [3.63, 3.8) is 0 Å². The molecule has 2 N–H and O–H groups in total. The molecule has 2 rings (SSSR count). The lowest BCUT2D eigenvalue weighted by Gasteiger charge is -2.11. The van der Waals surface area contributed by atoms with E-state index in [4.69, 9.17) is 0 Å². The van der Waals surface area contributed by atoms with Crippen LogP contribution in [-0.4, -0.2) is 23.6 Å². The van der Waals surface area contributed by atoms with Gasteiger partial charge in [-0.1, -0.05) is 12.1 Å². The van der Waals surface area contributed by atoms with E-state index in [0.717, 1.165) is 23.8 Å². The Bertz CT molecular complexity index is 441. The fourth-order valence-corrected chi connectivity index (χ4v) is 2.63. The second-order valence-electron chi connectivity index (χ2n) is 4.18. The van der Waals surface area contributed by atoms with Crippen LogP contribution in [0.15, 0.2) is 24.3 Å². The highest BCUT2D eigenvalue weighted by Gasteiger charge is 2.30. The number of carbonyl (C=O) groups is 1. The Morgan fingerprint density at radius 2 is 2.05 bits per heavy atom. The molecule has 3 nitrogen and oxygen atoms in total. The SMILES string of the molecule is O=C(NCc1ccc(C(F)(F)F)cc1)C1CSCN1. The molecule has 1 heterocycles. The van der Waals surface area contributed by atoms with Crippen molar-refractivity contribution in [1.29, 1.82) is 0 Å². The van der Waals surface area contributed by atoms with Gasteiger partial charge in [0.2, 0.25) is 5.91 Å². The molecular formula is C12H13F3N2OS. The lowest BCUT2D eigenvalue weighted by molar-refractivity contribution is -0.137. The standard InChI is InChI=1S/C12H13F3N2OS/c13-12(14,15)9-3-1-8(2-4-9)5-16-11(18)10-6-19-7-17-10/h1-4,10,17H,5-7H2,(H,16,18). The maximum atomic E-state index is 12.4. The van der Waals surface area contributed by atoms with E-state index in [1.807, 2.05) is 0 Å². The molecular weight excluding hydrogens is 277 g/mol. The third kappa shape index (κ3) is 3.87. The van der Waals surface area contributed by atoms with Gasteiger partial charge in [0.05, 0.1) is 11.6 Å². The summed E-state index contributed by atoms with van der Waals surface area (Å²) in [7, 11) is 0. The summed E-state index contributed by atoms with van der Waals surface area (Å²) in [5, 5.41) is 5.73. The monoisotopic (exact) mass is 290 g/mol. The van der Waals surface area contributed by atoms with Gasteiger partial charge in [-0.15, -0.1) is 11.8 Å². The molecule has 1 unspecified atom stereocenters. The van der Waals surface area contributed by atoms with Gasteiger partial charge in [-0.2, -0.15) is 13.2 Å². The van der Waals surface area contributed by atoms with Crippen molar-refractivity contribution >= 4 is 17.7 Å². The fraction of sp³-hybridized carbons (Fsp3) is 0.417. The number of hydrogen-bond acceptors (Lipinski definition) is 3. The zero-order valence-corrected chi connectivity index (χ0v) is 10.8. The zero-order chi connectivity index (χ0) is 13.9. The third-order valence-corrected chi connectivity index (χ3v) is 3.72. The van der Waals surface area contributed by atoms with Crippen LogP contribution >= 0.6 is 11.8 Å². The summed E-state index contributed by atoms with van der Waals surface area (Å²) in [5.74, 6) is 1.35. The van der Waals surface area contributed by atoms with Crippen LogP contribution in [0.4, 0.5) is 13.2 Å². The molecule has 0 aromatic heterocycles. The number of amides is 1. The van der Waals surface area contributed by atoms with Gasteiger partial charge in [-0.25, -0.2) is 0 Å². The first-order valence-corrected chi connectivity index (χ1v) is 6.87. The maximum Gasteiger partial charge on any atom is 0.416 e. The van der Waals surface area contributed by atoms with Crippen LogP contribution in [0, 0.1) is 0 Å². The quantitative estimate of drug-likeness (QED) is 0.894. The summed E-state index contributed by atoms with van der Waals surface area (Å²) >= 11 is 1.64. The van der Waals surface area contributed by atoms with Crippen molar-refractivity contribution in [2.45, 2.75) is 18.8 Å². The minimum Gasteiger partial charge on any atom is -0.351 e. The Balaban J connectivity index is 1.87. The van der Waals surface area contributed by atoms with E-state index in [2.05, 4.69) is 10.6 Å². The zero-order valence-electron chi connectivity index (χ0n) is 9.96. The molecule has 0 spiro atoms. The molecule has 0 aliphatic carbocycles. The number of rotatable bonds is 3. The van der Waals surface area contributed by atoms with Crippen molar-refractivity contribution in [1.82, 2.24) is 10.6 Å². The maximum absolute atomic E-state index is 12.4. The van der Waals surface area contributed by atoms with E-state index in [1.165, 1.54) is 12.1 Å². The van der Waals surface area contributed by atoms with Crippen LogP contribution in [0.2, 0.25) is 0 Å². The Hall–Kier alpha value is -1.21. The molecule has 1 atom stereocenters. The highest BCUT2D eigenvalue weighted by molar-refractivity contribution is 7.99. The molecule has 1 saturated heterocycles. The lowest BCUT2D eigenvalue weighted by Crippen LogP contribution is -2.41. The summed E-state index contributed by atoms with van der Waals surface area (Å²) in [6, 6.07) is 4.58. The topological polar surface area (TPSA) is 41.1 Å². The van der Waals surface area contributed by atoms with Crippen molar-refractivity contribution in [3.8, 4) is 0 Å². The highest BCUT2D eigenvalue weighted by atomic mass is 32.2. The largest absolute Gasteiger partial charge is 0.416 e. The Labute approximate surface area is 112 Å². The Morgan fingerprint density at radius 1 is 1.37 bits per heavy atom. The average Bonchev–Trinajstić information content (AvgIpc) is 2.89. The first kappa shape index (κ1) is 14.2. The second kappa shape index (κ2) is 5.83. The number of benzene rings is 1. The van der Waals surface area contributed by atoms with Gasteiger partial charge >= 0.3 is 6.18 Å². The fourth-order valence-electron chi connectivity index (χ4n) is 1.69. The van der Waals surface area contributed by atoms with E-state index in [9.17, 15) is 18.0 Å². The molecule has 19 heavy (non-hydrogen) atoms. The van der Waals surface area contributed by atoms with E-state index in [0.29, 0.717) is 5.56 Å². The van der Waals surface area contributed by atoms with Gasteiger partial charge in [0, 0.05) is 18.2 Å². The number of halogens is 3. The minimum absolute atomic E-state index is 0.120. The molecule has 1 fully saturated rings. The van der Waals surface area contributed by atoms with Crippen molar-refractivity contribution < 1.29 is 18.0 Å². The molecule has 1 aliphatic rings. The van der Waals surface area contributed by atoms with E-state index in [1.54, 1.807) is 11.8 Å². The third-order valence-electron chi connectivity index (χ3n) is 2.78. The highest BCUT2D eigenvalue weighted by Crippen LogP contribution is 2.29. The van der Waals surface area contributed by atoms with Crippen LogP contribution in [0.5, 0.6) is 0 Å².